The van der Waals surface area contributed by atoms with Gasteiger partial charge in [0.05, 0.1) is 6.04 Å². The van der Waals surface area contributed by atoms with Gasteiger partial charge in [-0.05, 0) is 23.4 Å². The Morgan fingerprint density at radius 1 is 1.61 bits per heavy atom. The molecule has 1 aliphatic carbocycles. The van der Waals surface area contributed by atoms with Crippen LogP contribution in [0.5, 0.6) is 0 Å². The van der Waals surface area contributed by atoms with Gasteiger partial charge in [-0.1, -0.05) is 23.3 Å². The van der Waals surface area contributed by atoms with Gasteiger partial charge in [0.15, 0.2) is 0 Å². The maximum atomic E-state index is 10.7. The lowest BCUT2D eigenvalue weighted by molar-refractivity contribution is 0.0881. The first-order valence-corrected chi connectivity index (χ1v) is 6.39. The van der Waals surface area contributed by atoms with Crippen LogP contribution < -0.4 is 0 Å². The molecule has 0 saturated heterocycles. The summed E-state index contributed by atoms with van der Waals surface area (Å²) in [7, 11) is 0. The highest BCUT2D eigenvalue weighted by molar-refractivity contribution is 7.16. The number of rotatable bonds is 2. The number of hydrogen-bond acceptors (Lipinski definition) is 4. The van der Waals surface area contributed by atoms with Gasteiger partial charge in [0.25, 0.3) is 0 Å². The Labute approximate surface area is 107 Å². The van der Waals surface area contributed by atoms with E-state index in [1.807, 2.05) is 17.5 Å². The normalized spacial score (nSPS) is 26.4. The van der Waals surface area contributed by atoms with Crippen LogP contribution in [0.1, 0.15) is 12.0 Å². The molecule has 3 rings (SSSR count). The van der Waals surface area contributed by atoms with Gasteiger partial charge in [-0.25, -0.2) is 4.98 Å². The molecule has 18 heavy (non-hydrogen) atoms. The molecule has 5 nitrogen and oxygen atoms in total. The van der Waals surface area contributed by atoms with Crippen molar-refractivity contribution >= 4 is 21.6 Å². The molecule has 0 amide bonds. The minimum absolute atomic E-state index is 0.286. The Balaban J connectivity index is 2.05. The molecule has 0 radical (unpaired) electrons. The molecule has 2 unspecified atom stereocenters. The second-order valence-electron chi connectivity index (χ2n) is 4.27. The van der Waals surface area contributed by atoms with E-state index in [0.717, 1.165) is 15.8 Å². The average molecular weight is 258 g/mol. The van der Waals surface area contributed by atoms with Crippen LogP contribution in [0.2, 0.25) is 0 Å². The standard InChI is InChI=1S/C12H10N4OS/c13-16-15-8-3-4-12(17,6-8)10-7-18-11-9(10)2-1-5-14-11/h1-5,7-8,17H,6H2. The topological polar surface area (TPSA) is 81.9 Å². The van der Waals surface area contributed by atoms with E-state index in [2.05, 4.69) is 15.0 Å². The zero-order chi connectivity index (χ0) is 12.6. The Bertz CT molecular complexity index is 674. The van der Waals surface area contributed by atoms with Gasteiger partial charge < -0.3 is 5.11 Å². The van der Waals surface area contributed by atoms with Crippen molar-refractivity contribution in [3.05, 3.63) is 51.9 Å². The summed E-state index contributed by atoms with van der Waals surface area (Å²) in [6.45, 7) is 0. The van der Waals surface area contributed by atoms with Crippen LogP contribution in [-0.4, -0.2) is 16.1 Å². The lowest BCUT2D eigenvalue weighted by Crippen LogP contribution is -2.21. The minimum Gasteiger partial charge on any atom is -0.381 e. The third-order valence-electron chi connectivity index (χ3n) is 3.13. The predicted octanol–water partition coefficient (Wildman–Crippen LogP) is 3.12. The summed E-state index contributed by atoms with van der Waals surface area (Å²) >= 11 is 1.51. The van der Waals surface area contributed by atoms with E-state index in [-0.39, 0.29) is 6.04 Å². The zero-order valence-corrected chi connectivity index (χ0v) is 10.2. The van der Waals surface area contributed by atoms with Crippen LogP contribution in [-0.2, 0) is 5.60 Å². The number of aliphatic hydroxyl groups is 1. The Morgan fingerprint density at radius 2 is 2.50 bits per heavy atom. The van der Waals surface area contributed by atoms with Crippen LogP contribution in [0.15, 0.2) is 41.0 Å². The molecule has 2 aromatic rings. The monoisotopic (exact) mass is 258 g/mol. The predicted molar refractivity (Wildman–Crippen MR) is 70.2 cm³/mol. The summed E-state index contributed by atoms with van der Waals surface area (Å²) in [5, 5.41) is 17.2. The second-order valence-corrected chi connectivity index (χ2v) is 5.12. The molecule has 0 bridgehead atoms. The number of pyridine rings is 1. The number of nitrogens with zero attached hydrogens (tertiary/aromatic N) is 4. The summed E-state index contributed by atoms with van der Waals surface area (Å²) in [5.74, 6) is 0. The van der Waals surface area contributed by atoms with E-state index in [1.165, 1.54) is 11.3 Å². The van der Waals surface area contributed by atoms with E-state index < -0.39 is 5.60 Å². The fourth-order valence-electron chi connectivity index (χ4n) is 2.27. The highest BCUT2D eigenvalue weighted by Gasteiger charge is 2.35. The highest BCUT2D eigenvalue weighted by Crippen LogP contribution is 2.40. The molecule has 2 atom stereocenters. The van der Waals surface area contributed by atoms with Crippen molar-refractivity contribution in [3.63, 3.8) is 0 Å². The minimum atomic E-state index is -1.06. The smallest absolute Gasteiger partial charge is 0.123 e. The fourth-order valence-corrected chi connectivity index (χ4v) is 3.26. The summed E-state index contributed by atoms with van der Waals surface area (Å²) in [4.78, 5) is 7.95. The molecule has 0 fully saturated rings. The second kappa shape index (κ2) is 4.10. The van der Waals surface area contributed by atoms with Crippen LogP contribution in [0.3, 0.4) is 0 Å². The summed E-state index contributed by atoms with van der Waals surface area (Å²) in [5.41, 5.74) is 8.21. The molecule has 90 valence electrons. The van der Waals surface area contributed by atoms with Gasteiger partial charge in [-0.15, -0.1) is 11.3 Å². The van der Waals surface area contributed by atoms with Crippen molar-refractivity contribution in [1.29, 1.82) is 0 Å². The molecular weight excluding hydrogens is 248 g/mol. The van der Waals surface area contributed by atoms with Crippen molar-refractivity contribution < 1.29 is 5.11 Å². The fraction of sp³-hybridized carbons (Fsp3) is 0.250. The van der Waals surface area contributed by atoms with Gasteiger partial charge in [0.2, 0.25) is 0 Å². The Hall–Kier alpha value is -1.88. The maximum Gasteiger partial charge on any atom is 0.123 e. The first-order chi connectivity index (χ1) is 8.73. The van der Waals surface area contributed by atoms with E-state index in [1.54, 1.807) is 18.3 Å². The van der Waals surface area contributed by atoms with Crippen molar-refractivity contribution in [2.24, 2.45) is 5.11 Å². The van der Waals surface area contributed by atoms with Crippen molar-refractivity contribution in [2.75, 3.05) is 0 Å². The number of hydrogen-bond donors (Lipinski definition) is 1. The number of aromatic nitrogens is 1. The molecule has 1 N–H and O–H groups in total. The van der Waals surface area contributed by atoms with Gasteiger partial charge in [-0.2, -0.15) is 0 Å². The van der Waals surface area contributed by atoms with Gasteiger partial charge in [0.1, 0.15) is 10.4 Å². The van der Waals surface area contributed by atoms with Crippen molar-refractivity contribution in [3.8, 4) is 0 Å². The van der Waals surface area contributed by atoms with E-state index in [4.69, 9.17) is 5.53 Å². The number of azide groups is 1. The quantitative estimate of drug-likeness (QED) is 0.388. The largest absolute Gasteiger partial charge is 0.381 e. The van der Waals surface area contributed by atoms with Gasteiger partial charge in [0, 0.05) is 22.1 Å². The highest BCUT2D eigenvalue weighted by atomic mass is 32.1. The molecule has 0 aliphatic heterocycles. The van der Waals surface area contributed by atoms with Gasteiger partial charge in [-0.3, -0.25) is 0 Å². The van der Waals surface area contributed by atoms with Crippen molar-refractivity contribution in [1.82, 2.24) is 4.98 Å². The summed E-state index contributed by atoms with van der Waals surface area (Å²) < 4.78 is 0. The van der Waals surface area contributed by atoms with Gasteiger partial charge >= 0.3 is 0 Å². The maximum absolute atomic E-state index is 10.7. The van der Waals surface area contributed by atoms with Crippen LogP contribution in [0.25, 0.3) is 20.7 Å². The Morgan fingerprint density at radius 3 is 3.33 bits per heavy atom. The molecule has 2 aromatic heterocycles. The zero-order valence-electron chi connectivity index (χ0n) is 9.39. The van der Waals surface area contributed by atoms with Crippen LogP contribution >= 0.6 is 11.3 Å². The summed E-state index contributed by atoms with van der Waals surface area (Å²) in [6.07, 6.45) is 5.58. The van der Waals surface area contributed by atoms with Crippen LogP contribution in [0, 0.1) is 0 Å². The average Bonchev–Trinajstić information content (AvgIpc) is 2.95. The van der Waals surface area contributed by atoms with E-state index in [9.17, 15) is 5.11 Å². The van der Waals surface area contributed by atoms with E-state index in [0.29, 0.717) is 6.42 Å². The third-order valence-corrected chi connectivity index (χ3v) is 4.03. The number of thiophene rings is 1. The Kier molecular flexibility index (Phi) is 2.56. The molecule has 0 spiro atoms. The molecular formula is C12H10N4OS. The molecule has 2 heterocycles. The van der Waals surface area contributed by atoms with E-state index >= 15 is 0 Å². The first-order valence-electron chi connectivity index (χ1n) is 5.51. The van der Waals surface area contributed by atoms with Crippen molar-refractivity contribution in [2.45, 2.75) is 18.1 Å². The lowest BCUT2D eigenvalue weighted by atomic mass is 9.93. The first kappa shape index (κ1) is 11.2. The number of fused-ring (bicyclic) bond motifs is 1. The third kappa shape index (κ3) is 1.67. The van der Waals surface area contributed by atoms with Crippen LogP contribution in [0.4, 0.5) is 0 Å². The summed E-state index contributed by atoms with van der Waals surface area (Å²) in [6, 6.07) is 3.51. The SMILES string of the molecule is [N-]=[N+]=NC1C=CC(O)(c2csc3ncccc23)C1. The molecule has 6 heteroatoms. The molecule has 1 aliphatic rings. The molecule has 0 saturated carbocycles. The molecule has 0 aromatic carbocycles. The lowest BCUT2D eigenvalue weighted by Gasteiger charge is -2.21.